The fraction of sp³-hybridized carbons (Fsp3) is 0.214. The van der Waals surface area contributed by atoms with E-state index in [4.69, 9.17) is 0 Å². The summed E-state index contributed by atoms with van der Waals surface area (Å²) in [6, 6.07) is 19.6. The van der Waals surface area contributed by atoms with Gasteiger partial charge in [-0.05, 0) is 54.7 Å². The highest BCUT2D eigenvalue weighted by Gasteiger charge is 2.26. The highest BCUT2D eigenvalue weighted by atomic mass is 32.2. The summed E-state index contributed by atoms with van der Waals surface area (Å²) >= 11 is 0. The maximum atomic E-state index is 13.2. The summed E-state index contributed by atoms with van der Waals surface area (Å²) in [5.41, 5.74) is 5.24. The highest BCUT2D eigenvalue weighted by Crippen LogP contribution is 2.28. The topological polar surface area (TPSA) is 75.6 Å². The zero-order valence-electron chi connectivity index (χ0n) is 20.0. The van der Waals surface area contributed by atoms with Crippen molar-refractivity contribution in [2.45, 2.75) is 44.9 Å². The monoisotopic (exact) mass is 472 g/mol. The predicted molar refractivity (Wildman–Crippen MR) is 137 cm³/mol. The van der Waals surface area contributed by atoms with Crippen molar-refractivity contribution in [3.8, 4) is 0 Å². The molecule has 0 aromatic heterocycles. The average molecular weight is 473 g/mol. The second-order valence-electron chi connectivity index (χ2n) is 9.60. The first-order chi connectivity index (χ1) is 16.0. The summed E-state index contributed by atoms with van der Waals surface area (Å²) in [7, 11) is -3.99. The first-order valence-corrected chi connectivity index (χ1v) is 12.6. The lowest BCUT2D eigenvalue weighted by molar-refractivity contribution is 0.103. The molecule has 0 atom stereocenters. The average Bonchev–Trinajstić information content (AvgIpc) is 2.78. The van der Waals surface area contributed by atoms with E-state index in [-0.39, 0.29) is 27.5 Å². The summed E-state index contributed by atoms with van der Waals surface area (Å²) in [6.07, 6.45) is 1.52. The number of aryl methyl sites for hydroxylation is 2. The van der Waals surface area contributed by atoms with Crippen molar-refractivity contribution >= 4 is 27.2 Å². The normalized spacial score (nSPS) is 15.1. The van der Waals surface area contributed by atoms with Crippen LogP contribution in [0.2, 0.25) is 0 Å². The molecule has 0 amide bonds. The minimum atomic E-state index is -3.99. The van der Waals surface area contributed by atoms with Gasteiger partial charge in [0, 0.05) is 16.8 Å². The fourth-order valence-corrected chi connectivity index (χ4v) is 4.90. The van der Waals surface area contributed by atoms with E-state index < -0.39 is 10.0 Å². The van der Waals surface area contributed by atoms with Crippen LogP contribution in [0.3, 0.4) is 0 Å². The summed E-state index contributed by atoms with van der Waals surface area (Å²) in [6.45, 7) is 10.2. The molecule has 0 radical (unpaired) electrons. The SMILES string of the molecule is Cc1ccc(NC2=CC(=NS(=O)(=O)c3ccc(C(C)(C)C)cc3)c3ccccc3C2=O)c(C)c1. The molecular formula is C28H28N2O3S. The quantitative estimate of drug-likeness (QED) is 0.507. The van der Waals surface area contributed by atoms with E-state index in [1.54, 1.807) is 36.4 Å². The summed E-state index contributed by atoms with van der Waals surface area (Å²) < 4.78 is 30.5. The van der Waals surface area contributed by atoms with Crippen LogP contribution < -0.4 is 5.32 Å². The van der Waals surface area contributed by atoms with Gasteiger partial charge >= 0.3 is 0 Å². The lowest BCUT2D eigenvalue weighted by Crippen LogP contribution is -2.23. The van der Waals surface area contributed by atoms with Gasteiger partial charge in [0.15, 0.2) is 0 Å². The van der Waals surface area contributed by atoms with Crippen LogP contribution in [-0.2, 0) is 15.4 Å². The third kappa shape index (κ3) is 4.73. The lowest BCUT2D eigenvalue weighted by Gasteiger charge is -2.20. The number of carbonyl (C=O) groups excluding carboxylic acids is 1. The summed E-state index contributed by atoms with van der Waals surface area (Å²) in [5.74, 6) is -0.207. The van der Waals surface area contributed by atoms with E-state index in [2.05, 4.69) is 30.5 Å². The van der Waals surface area contributed by atoms with Gasteiger partial charge in [-0.15, -0.1) is 0 Å². The highest BCUT2D eigenvalue weighted by molar-refractivity contribution is 7.90. The van der Waals surface area contributed by atoms with Crippen LogP contribution in [0.5, 0.6) is 0 Å². The van der Waals surface area contributed by atoms with Crippen LogP contribution in [0.4, 0.5) is 5.69 Å². The molecule has 34 heavy (non-hydrogen) atoms. The third-order valence-corrected chi connectivity index (χ3v) is 7.17. The van der Waals surface area contributed by atoms with Crippen LogP contribution in [0, 0.1) is 13.8 Å². The second kappa shape index (κ2) is 8.69. The van der Waals surface area contributed by atoms with Crippen molar-refractivity contribution < 1.29 is 13.2 Å². The molecule has 0 saturated heterocycles. The molecule has 1 aliphatic carbocycles. The van der Waals surface area contributed by atoms with Crippen molar-refractivity contribution in [1.29, 1.82) is 0 Å². The van der Waals surface area contributed by atoms with Crippen molar-refractivity contribution in [3.63, 3.8) is 0 Å². The molecule has 5 nitrogen and oxygen atoms in total. The number of ketones is 1. The van der Waals surface area contributed by atoms with E-state index in [1.165, 1.54) is 6.08 Å². The molecule has 3 aromatic carbocycles. The Hall–Kier alpha value is -3.51. The van der Waals surface area contributed by atoms with Crippen LogP contribution in [0.15, 0.2) is 87.8 Å². The number of hydrogen-bond acceptors (Lipinski definition) is 4. The Morgan fingerprint density at radius 2 is 1.50 bits per heavy atom. The number of benzene rings is 3. The molecule has 0 bridgehead atoms. The smallest absolute Gasteiger partial charge is 0.282 e. The number of sulfonamides is 1. The molecule has 174 valence electrons. The Labute approximate surface area is 201 Å². The Balaban J connectivity index is 1.78. The van der Waals surface area contributed by atoms with Gasteiger partial charge in [0.05, 0.1) is 16.3 Å². The summed E-state index contributed by atoms with van der Waals surface area (Å²) in [5, 5.41) is 3.18. The fourth-order valence-electron chi connectivity index (χ4n) is 3.91. The van der Waals surface area contributed by atoms with Crippen molar-refractivity contribution in [2.24, 2.45) is 4.40 Å². The van der Waals surface area contributed by atoms with Crippen molar-refractivity contribution in [2.75, 3.05) is 5.32 Å². The van der Waals surface area contributed by atoms with Gasteiger partial charge in [-0.1, -0.05) is 74.9 Å². The van der Waals surface area contributed by atoms with Gasteiger partial charge in [-0.2, -0.15) is 12.8 Å². The number of Topliss-reactive ketones (excluding diaryl/α,β-unsaturated/α-hetero) is 1. The largest absolute Gasteiger partial charge is 0.352 e. The van der Waals surface area contributed by atoms with E-state index in [0.717, 1.165) is 22.4 Å². The first-order valence-electron chi connectivity index (χ1n) is 11.1. The number of nitrogens with one attached hydrogen (secondary N) is 1. The number of rotatable bonds is 4. The number of fused-ring (bicyclic) bond motifs is 1. The van der Waals surface area contributed by atoms with Crippen LogP contribution in [-0.4, -0.2) is 19.9 Å². The van der Waals surface area contributed by atoms with Crippen LogP contribution in [0.1, 0.15) is 53.4 Å². The van der Waals surface area contributed by atoms with Crippen molar-refractivity contribution in [3.05, 3.63) is 106 Å². The Morgan fingerprint density at radius 1 is 0.853 bits per heavy atom. The maximum Gasteiger partial charge on any atom is 0.282 e. The second-order valence-corrected chi connectivity index (χ2v) is 11.2. The van der Waals surface area contributed by atoms with Gasteiger partial charge in [0.25, 0.3) is 10.0 Å². The minimum absolute atomic E-state index is 0.0890. The van der Waals surface area contributed by atoms with Crippen LogP contribution in [0.25, 0.3) is 0 Å². The molecule has 6 heteroatoms. The molecule has 0 spiro atoms. The molecule has 3 aromatic rings. The molecule has 0 fully saturated rings. The number of anilines is 1. The first kappa shape index (κ1) is 23.6. The lowest BCUT2D eigenvalue weighted by atomic mass is 9.87. The third-order valence-electron chi connectivity index (χ3n) is 5.86. The number of allylic oxidation sites excluding steroid dienone is 2. The molecule has 0 saturated carbocycles. The standard InChI is InChI=1S/C28H28N2O3S/c1-18-10-15-24(19(2)16-18)29-26-17-25(22-8-6-7-9-23(22)27(26)31)30-34(32,33)21-13-11-20(12-14-21)28(3,4)5/h6-17,29H,1-5H3. The van der Waals surface area contributed by atoms with Crippen LogP contribution >= 0.6 is 0 Å². The molecule has 1 N–H and O–H groups in total. The van der Waals surface area contributed by atoms with Gasteiger partial charge in [0.1, 0.15) is 0 Å². The van der Waals surface area contributed by atoms with Gasteiger partial charge in [-0.3, -0.25) is 4.79 Å². The Kier molecular flexibility index (Phi) is 6.04. The zero-order valence-corrected chi connectivity index (χ0v) is 20.8. The Bertz CT molecular complexity index is 1440. The summed E-state index contributed by atoms with van der Waals surface area (Å²) in [4.78, 5) is 13.3. The van der Waals surface area contributed by atoms with E-state index in [0.29, 0.717) is 11.1 Å². The minimum Gasteiger partial charge on any atom is -0.352 e. The number of nitrogens with zero attached hydrogens (tertiary/aromatic N) is 1. The molecule has 1 aliphatic rings. The van der Waals surface area contributed by atoms with E-state index in [1.807, 2.05) is 44.2 Å². The van der Waals surface area contributed by atoms with E-state index >= 15 is 0 Å². The number of carbonyl (C=O) groups is 1. The van der Waals surface area contributed by atoms with E-state index in [9.17, 15) is 13.2 Å². The predicted octanol–water partition coefficient (Wildman–Crippen LogP) is 5.97. The molecule has 0 unspecified atom stereocenters. The van der Waals surface area contributed by atoms with Gasteiger partial charge < -0.3 is 5.32 Å². The molecule has 4 rings (SSSR count). The number of hydrogen-bond donors (Lipinski definition) is 1. The van der Waals surface area contributed by atoms with Gasteiger partial charge in [0.2, 0.25) is 5.78 Å². The van der Waals surface area contributed by atoms with Gasteiger partial charge in [-0.25, -0.2) is 0 Å². The maximum absolute atomic E-state index is 13.2. The zero-order chi connectivity index (χ0) is 24.7. The van der Waals surface area contributed by atoms with Crippen molar-refractivity contribution in [1.82, 2.24) is 0 Å². The molecule has 0 aliphatic heterocycles. The molecule has 0 heterocycles. The Morgan fingerprint density at radius 3 is 2.12 bits per heavy atom. The molecular weight excluding hydrogens is 444 g/mol.